The van der Waals surface area contributed by atoms with Gasteiger partial charge >= 0.3 is 0 Å². The van der Waals surface area contributed by atoms with Gasteiger partial charge in [-0.1, -0.05) is 24.3 Å². The summed E-state index contributed by atoms with van der Waals surface area (Å²) in [7, 11) is 1.63. The van der Waals surface area contributed by atoms with Crippen LogP contribution in [0.25, 0.3) is 0 Å². The van der Waals surface area contributed by atoms with Crippen molar-refractivity contribution in [1.82, 2.24) is 5.32 Å². The van der Waals surface area contributed by atoms with E-state index in [-0.39, 0.29) is 18.4 Å². The summed E-state index contributed by atoms with van der Waals surface area (Å²) < 4.78 is 16.3. The highest BCUT2D eigenvalue weighted by molar-refractivity contribution is 5.95. The molecule has 0 aliphatic rings. The summed E-state index contributed by atoms with van der Waals surface area (Å²) in [5.74, 6) is 1.10. The number of rotatable bonds is 14. The average Bonchev–Trinajstić information content (AvgIpc) is 2.89. The fraction of sp³-hybridized carbons (Fsp3) is 0.259. The SMILES string of the molecule is COCCCNC(=O)c1ccc(NCC(=O)Nc2cccc(OCCOc3ccccc3)c2)cc1. The highest BCUT2D eigenvalue weighted by atomic mass is 16.5. The molecule has 0 fully saturated rings. The minimum absolute atomic E-state index is 0.0819. The largest absolute Gasteiger partial charge is 0.490 e. The third-order valence-corrected chi connectivity index (χ3v) is 4.89. The van der Waals surface area contributed by atoms with E-state index in [1.807, 2.05) is 42.5 Å². The van der Waals surface area contributed by atoms with Crippen molar-refractivity contribution in [2.45, 2.75) is 6.42 Å². The first-order chi connectivity index (χ1) is 17.1. The van der Waals surface area contributed by atoms with Crippen LogP contribution in [0, 0.1) is 0 Å². The second-order valence-electron chi connectivity index (χ2n) is 7.62. The zero-order chi connectivity index (χ0) is 24.7. The first-order valence-corrected chi connectivity index (χ1v) is 11.5. The molecule has 0 atom stereocenters. The van der Waals surface area contributed by atoms with Crippen molar-refractivity contribution in [1.29, 1.82) is 0 Å². The zero-order valence-corrected chi connectivity index (χ0v) is 19.8. The number of methoxy groups -OCH3 is 1. The van der Waals surface area contributed by atoms with Gasteiger partial charge in [-0.3, -0.25) is 9.59 Å². The molecule has 0 unspecified atom stereocenters. The van der Waals surface area contributed by atoms with Crippen LogP contribution in [0.1, 0.15) is 16.8 Å². The van der Waals surface area contributed by atoms with Crippen LogP contribution in [0.2, 0.25) is 0 Å². The average molecular weight is 478 g/mol. The van der Waals surface area contributed by atoms with Gasteiger partial charge in [0.2, 0.25) is 5.91 Å². The predicted molar refractivity (Wildman–Crippen MR) is 136 cm³/mol. The number of hydrogen-bond acceptors (Lipinski definition) is 6. The molecule has 3 rings (SSSR count). The molecule has 0 saturated heterocycles. The molecule has 0 aliphatic carbocycles. The van der Waals surface area contributed by atoms with Gasteiger partial charge in [0, 0.05) is 43.3 Å². The molecule has 0 saturated carbocycles. The van der Waals surface area contributed by atoms with E-state index in [9.17, 15) is 9.59 Å². The normalized spacial score (nSPS) is 10.3. The maximum atomic E-state index is 12.4. The number of amides is 2. The number of anilines is 2. The molecular weight excluding hydrogens is 446 g/mol. The smallest absolute Gasteiger partial charge is 0.251 e. The van der Waals surface area contributed by atoms with Crippen molar-refractivity contribution >= 4 is 23.2 Å². The number of para-hydroxylation sites is 1. The Morgan fingerprint density at radius 2 is 1.49 bits per heavy atom. The fourth-order valence-electron chi connectivity index (χ4n) is 3.15. The van der Waals surface area contributed by atoms with E-state index in [4.69, 9.17) is 14.2 Å². The quantitative estimate of drug-likeness (QED) is 0.304. The Labute approximate surface area is 205 Å². The van der Waals surface area contributed by atoms with Gasteiger partial charge in [0.15, 0.2) is 0 Å². The molecule has 8 heteroatoms. The standard InChI is InChI=1S/C27H31N3O5/c1-33-16-6-15-28-27(32)21-11-13-22(14-12-21)29-20-26(31)30-23-7-5-10-25(19-23)35-18-17-34-24-8-3-2-4-9-24/h2-5,7-14,19,29H,6,15-18,20H2,1H3,(H,28,32)(H,30,31). The second kappa shape index (κ2) is 14.3. The summed E-state index contributed by atoms with van der Waals surface area (Å²) in [5, 5.41) is 8.74. The van der Waals surface area contributed by atoms with E-state index in [2.05, 4.69) is 16.0 Å². The number of carbonyl (C=O) groups excluding carboxylic acids is 2. The van der Waals surface area contributed by atoms with Crippen LogP contribution in [-0.4, -0.2) is 51.8 Å². The molecular formula is C27H31N3O5. The van der Waals surface area contributed by atoms with Crippen LogP contribution in [0.3, 0.4) is 0 Å². The minimum Gasteiger partial charge on any atom is -0.490 e. The van der Waals surface area contributed by atoms with Gasteiger partial charge < -0.3 is 30.2 Å². The zero-order valence-electron chi connectivity index (χ0n) is 19.8. The van der Waals surface area contributed by atoms with Crippen molar-refractivity contribution in [2.24, 2.45) is 0 Å². The van der Waals surface area contributed by atoms with Crippen molar-refractivity contribution < 1.29 is 23.8 Å². The van der Waals surface area contributed by atoms with E-state index < -0.39 is 0 Å². The second-order valence-corrected chi connectivity index (χ2v) is 7.62. The van der Waals surface area contributed by atoms with E-state index >= 15 is 0 Å². The van der Waals surface area contributed by atoms with Gasteiger partial charge in [-0.2, -0.15) is 0 Å². The highest BCUT2D eigenvalue weighted by Gasteiger charge is 2.07. The van der Waals surface area contributed by atoms with E-state index in [1.54, 1.807) is 43.5 Å². The van der Waals surface area contributed by atoms with Crippen molar-refractivity contribution in [2.75, 3.05) is 50.7 Å². The molecule has 2 amide bonds. The van der Waals surface area contributed by atoms with E-state index in [0.717, 1.165) is 17.9 Å². The van der Waals surface area contributed by atoms with Gasteiger partial charge in [-0.25, -0.2) is 0 Å². The molecule has 0 spiro atoms. The summed E-state index contributed by atoms with van der Waals surface area (Å²) in [6.07, 6.45) is 0.759. The van der Waals surface area contributed by atoms with Crippen molar-refractivity contribution in [3.05, 3.63) is 84.4 Å². The van der Waals surface area contributed by atoms with Crippen LogP contribution in [-0.2, 0) is 9.53 Å². The third-order valence-electron chi connectivity index (χ3n) is 4.89. The first-order valence-electron chi connectivity index (χ1n) is 11.5. The fourth-order valence-corrected chi connectivity index (χ4v) is 3.15. The molecule has 3 N–H and O–H groups in total. The number of nitrogens with one attached hydrogen (secondary N) is 3. The maximum absolute atomic E-state index is 12.4. The summed E-state index contributed by atoms with van der Waals surface area (Å²) in [6, 6.07) is 23.7. The Hall–Kier alpha value is -4.04. The molecule has 184 valence electrons. The van der Waals surface area contributed by atoms with Crippen LogP contribution in [0.15, 0.2) is 78.9 Å². The Balaban J connectivity index is 1.38. The molecule has 0 aliphatic heterocycles. The molecule has 8 nitrogen and oxygen atoms in total. The molecule has 35 heavy (non-hydrogen) atoms. The summed E-state index contributed by atoms with van der Waals surface area (Å²) >= 11 is 0. The Kier molecular flexibility index (Phi) is 10.4. The van der Waals surface area contributed by atoms with Gasteiger partial charge in [0.05, 0.1) is 6.54 Å². The molecule has 0 heterocycles. The monoisotopic (exact) mass is 477 g/mol. The highest BCUT2D eigenvalue weighted by Crippen LogP contribution is 2.18. The number of benzene rings is 3. The number of carbonyl (C=O) groups is 2. The van der Waals surface area contributed by atoms with Crippen molar-refractivity contribution in [3.8, 4) is 11.5 Å². The van der Waals surface area contributed by atoms with Gasteiger partial charge in [-0.15, -0.1) is 0 Å². The van der Waals surface area contributed by atoms with Gasteiger partial charge in [0.25, 0.3) is 5.91 Å². The molecule has 0 aromatic heterocycles. The molecule has 3 aromatic rings. The summed E-state index contributed by atoms with van der Waals surface area (Å²) in [5.41, 5.74) is 1.94. The van der Waals surface area contributed by atoms with E-state index in [1.165, 1.54) is 0 Å². The van der Waals surface area contributed by atoms with Crippen LogP contribution in [0.4, 0.5) is 11.4 Å². The van der Waals surface area contributed by atoms with Crippen molar-refractivity contribution in [3.63, 3.8) is 0 Å². The topological polar surface area (TPSA) is 97.9 Å². The Bertz CT molecular complexity index is 1060. The predicted octanol–water partition coefficient (Wildman–Crippen LogP) is 3.96. The lowest BCUT2D eigenvalue weighted by Crippen LogP contribution is -2.25. The minimum atomic E-state index is -0.200. The third kappa shape index (κ3) is 9.38. The van der Waals surface area contributed by atoms with Crippen LogP contribution >= 0.6 is 0 Å². The molecule has 3 aromatic carbocycles. The van der Waals surface area contributed by atoms with Gasteiger partial charge in [0.1, 0.15) is 24.7 Å². The molecule has 0 bridgehead atoms. The van der Waals surface area contributed by atoms with Crippen LogP contribution in [0.5, 0.6) is 11.5 Å². The van der Waals surface area contributed by atoms with Gasteiger partial charge in [-0.05, 0) is 55.0 Å². The lowest BCUT2D eigenvalue weighted by Gasteiger charge is -2.11. The molecule has 0 radical (unpaired) electrons. The Morgan fingerprint density at radius 3 is 2.23 bits per heavy atom. The lowest BCUT2D eigenvalue weighted by atomic mass is 10.2. The Morgan fingerprint density at radius 1 is 0.771 bits per heavy atom. The summed E-state index contributed by atoms with van der Waals surface area (Å²) in [4.78, 5) is 24.5. The first kappa shape index (κ1) is 25.6. The number of ether oxygens (including phenoxy) is 3. The summed E-state index contributed by atoms with van der Waals surface area (Å²) in [6.45, 7) is 2.04. The van der Waals surface area contributed by atoms with Crippen LogP contribution < -0.4 is 25.4 Å². The van der Waals surface area contributed by atoms with E-state index in [0.29, 0.717) is 43.4 Å². The number of hydrogen-bond donors (Lipinski definition) is 3. The lowest BCUT2D eigenvalue weighted by molar-refractivity contribution is -0.114. The maximum Gasteiger partial charge on any atom is 0.251 e.